The Morgan fingerprint density at radius 3 is 3.05 bits per heavy atom. The monoisotopic (exact) mass is 257 g/mol. The van der Waals surface area contributed by atoms with E-state index in [1.807, 2.05) is 24.3 Å². The van der Waals surface area contributed by atoms with Gasteiger partial charge in [0.05, 0.1) is 6.07 Å². The minimum absolute atomic E-state index is 0.0463. The third kappa shape index (κ3) is 3.55. The molecule has 0 saturated heterocycles. The number of amides is 2. The molecule has 0 saturated carbocycles. The van der Waals surface area contributed by atoms with Gasteiger partial charge in [0, 0.05) is 31.5 Å². The molecule has 0 spiro atoms. The summed E-state index contributed by atoms with van der Waals surface area (Å²) in [5.74, 6) is -0.0716. The number of aryl methyl sites for hydroxylation is 1. The second-order valence-corrected chi connectivity index (χ2v) is 4.47. The van der Waals surface area contributed by atoms with Gasteiger partial charge >= 0.3 is 0 Å². The van der Waals surface area contributed by atoms with E-state index < -0.39 is 0 Å². The van der Waals surface area contributed by atoms with Crippen LogP contribution in [0.25, 0.3) is 0 Å². The van der Waals surface area contributed by atoms with Gasteiger partial charge in [0.1, 0.15) is 0 Å². The van der Waals surface area contributed by atoms with E-state index in [2.05, 4.69) is 10.6 Å². The van der Waals surface area contributed by atoms with E-state index in [1.165, 1.54) is 0 Å². The standard InChI is InChI=1S/C14H15N3O2/c15-7-1-2-13(18)16-9-10-3-5-12-11(8-10)4-6-14(19)17-12/h3,5,8H,1-2,4,6,9H2,(H,16,18)(H,17,19). The van der Waals surface area contributed by atoms with E-state index in [-0.39, 0.29) is 24.7 Å². The van der Waals surface area contributed by atoms with Crippen molar-refractivity contribution < 1.29 is 9.59 Å². The third-order valence-corrected chi connectivity index (χ3v) is 3.02. The predicted molar refractivity (Wildman–Crippen MR) is 70.1 cm³/mol. The van der Waals surface area contributed by atoms with Crippen molar-refractivity contribution in [2.45, 2.75) is 32.2 Å². The number of benzene rings is 1. The number of hydrogen-bond donors (Lipinski definition) is 2. The maximum absolute atomic E-state index is 11.4. The topological polar surface area (TPSA) is 82.0 Å². The average Bonchev–Trinajstić information content (AvgIpc) is 2.42. The van der Waals surface area contributed by atoms with Crippen LogP contribution in [-0.2, 0) is 22.6 Å². The first-order valence-corrected chi connectivity index (χ1v) is 6.24. The summed E-state index contributed by atoms with van der Waals surface area (Å²) in [6.45, 7) is 0.450. The van der Waals surface area contributed by atoms with Gasteiger partial charge in [-0.2, -0.15) is 5.26 Å². The number of hydrogen-bond acceptors (Lipinski definition) is 3. The summed E-state index contributed by atoms with van der Waals surface area (Å²) in [6.07, 6.45) is 1.71. The first-order valence-electron chi connectivity index (χ1n) is 6.24. The summed E-state index contributed by atoms with van der Waals surface area (Å²) in [4.78, 5) is 22.6. The highest BCUT2D eigenvalue weighted by molar-refractivity contribution is 5.93. The smallest absolute Gasteiger partial charge is 0.224 e. The van der Waals surface area contributed by atoms with Crippen LogP contribution >= 0.6 is 0 Å². The number of fused-ring (bicyclic) bond motifs is 1. The Bertz CT molecular complexity index is 546. The van der Waals surface area contributed by atoms with Gasteiger partial charge < -0.3 is 10.6 Å². The number of carbonyl (C=O) groups excluding carboxylic acids is 2. The zero-order chi connectivity index (χ0) is 13.7. The Balaban J connectivity index is 1.94. The first kappa shape index (κ1) is 13.1. The van der Waals surface area contributed by atoms with Crippen LogP contribution in [0.2, 0.25) is 0 Å². The quantitative estimate of drug-likeness (QED) is 0.857. The van der Waals surface area contributed by atoms with Gasteiger partial charge in [-0.05, 0) is 23.6 Å². The number of carbonyl (C=O) groups is 2. The molecule has 0 radical (unpaired) electrons. The summed E-state index contributed by atoms with van der Waals surface area (Å²) < 4.78 is 0. The largest absolute Gasteiger partial charge is 0.352 e. The van der Waals surface area contributed by atoms with Crippen LogP contribution in [0.1, 0.15) is 30.4 Å². The lowest BCUT2D eigenvalue weighted by Crippen LogP contribution is -2.23. The maximum atomic E-state index is 11.4. The van der Waals surface area contributed by atoms with Crippen molar-refractivity contribution in [1.29, 1.82) is 5.26 Å². The molecule has 2 rings (SSSR count). The van der Waals surface area contributed by atoms with Crippen molar-refractivity contribution >= 4 is 17.5 Å². The summed E-state index contributed by atoms with van der Waals surface area (Å²) in [5, 5.41) is 14.0. The Kier molecular flexibility index (Phi) is 4.14. The van der Waals surface area contributed by atoms with Gasteiger partial charge in [0.15, 0.2) is 0 Å². The normalized spacial score (nSPS) is 13.1. The van der Waals surface area contributed by atoms with Gasteiger partial charge in [0.25, 0.3) is 0 Å². The average molecular weight is 257 g/mol. The molecule has 0 aliphatic carbocycles. The van der Waals surface area contributed by atoms with Gasteiger partial charge in [-0.15, -0.1) is 0 Å². The summed E-state index contributed by atoms with van der Waals surface area (Å²) in [7, 11) is 0. The van der Waals surface area contributed by atoms with Crippen LogP contribution in [0.3, 0.4) is 0 Å². The second kappa shape index (κ2) is 6.01. The third-order valence-electron chi connectivity index (χ3n) is 3.02. The fraction of sp³-hybridized carbons (Fsp3) is 0.357. The van der Waals surface area contributed by atoms with Crippen molar-refractivity contribution in [3.8, 4) is 6.07 Å². The molecule has 5 nitrogen and oxygen atoms in total. The maximum Gasteiger partial charge on any atom is 0.224 e. The van der Waals surface area contributed by atoms with Gasteiger partial charge in [-0.1, -0.05) is 12.1 Å². The van der Waals surface area contributed by atoms with Gasteiger partial charge in [-0.25, -0.2) is 0 Å². The van der Waals surface area contributed by atoms with Crippen LogP contribution < -0.4 is 10.6 Å². The molecule has 1 heterocycles. The molecule has 1 aliphatic rings. The van der Waals surface area contributed by atoms with Crippen molar-refractivity contribution in [3.05, 3.63) is 29.3 Å². The van der Waals surface area contributed by atoms with Gasteiger partial charge in [-0.3, -0.25) is 9.59 Å². The number of rotatable bonds is 4. The molecule has 98 valence electrons. The van der Waals surface area contributed by atoms with E-state index in [4.69, 9.17) is 5.26 Å². The number of nitrogens with one attached hydrogen (secondary N) is 2. The number of nitriles is 1. The molecule has 19 heavy (non-hydrogen) atoms. The molecular weight excluding hydrogens is 242 g/mol. The molecule has 1 aliphatic heterocycles. The lowest BCUT2D eigenvalue weighted by molar-refractivity contribution is -0.121. The van der Waals surface area contributed by atoms with E-state index >= 15 is 0 Å². The highest BCUT2D eigenvalue weighted by atomic mass is 16.2. The zero-order valence-corrected chi connectivity index (χ0v) is 10.5. The van der Waals surface area contributed by atoms with E-state index in [0.717, 1.165) is 23.2 Å². The van der Waals surface area contributed by atoms with E-state index in [0.29, 0.717) is 13.0 Å². The Morgan fingerprint density at radius 2 is 2.26 bits per heavy atom. The molecule has 0 unspecified atom stereocenters. The minimum atomic E-state index is -0.118. The zero-order valence-electron chi connectivity index (χ0n) is 10.5. The van der Waals surface area contributed by atoms with Crippen LogP contribution in [0.4, 0.5) is 5.69 Å². The molecule has 2 N–H and O–H groups in total. The molecule has 0 fully saturated rings. The van der Waals surface area contributed by atoms with Crippen molar-refractivity contribution in [1.82, 2.24) is 5.32 Å². The first-order chi connectivity index (χ1) is 9.19. The summed E-state index contributed by atoms with van der Waals surface area (Å²) in [6, 6.07) is 7.69. The van der Waals surface area contributed by atoms with Crippen LogP contribution in [0.5, 0.6) is 0 Å². The lowest BCUT2D eigenvalue weighted by Gasteiger charge is -2.17. The summed E-state index contributed by atoms with van der Waals surface area (Å²) in [5.41, 5.74) is 2.96. The molecular formula is C14H15N3O2. The molecule has 1 aromatic rings. The highest BCUT2D eigenvalue weighted by Crippen LogP contribution is 2.23. The van der Waals surface area contributed by atoms with Crippen molar-refractivity contribution in [3.63, 3.8) is 0 Å². The Morgan fingerprint density at radius 1 is 1.42 bits per heavy atom. The Hall–Kier alpha value is -2.35. The molecule has 0 atom stereocenters. The fourth-order valence-corrected chi connectivity index (χ4v) is 2.01. The van der Waals surface area contributed by atoms with Crippen LogP contribution in [-0.4, -0.2) is 11.8 Å². The fourth-order valence-electron chi connectivity index (χ4n) is 2.01. The SMILES string of the molecule is N#CCCC(=O)NCc1ccc2c(c1)CCC(=O)N2. The highest BCUT2D eigenvalue weighted by Gasteiger charge is 2.14. The van der Waals surface area contributed by atoms with Crippen molar-refractivity contribution in [2.75, 3.05) is 5.32 Å². The molecule has 0 bridgehead atoms. The second-order valence-electron chi connectivity index (χ2n) is 4.47. The summed E-state index contributed by atoms with van der Waals surface area (Å²) >= 11 is 0. The van der Waals surface area contributed by atoms with Crippen LogP contribution in [0, 0.1) is 11.3 Å². The molecule has 1 aromatic carbocycles. The van der Waals surface area contributed by atoms with Gasteiger partial charge in [0.2, 0.25) is 11.8 Å². The Labute approximate surface area is 111 Å². The van der Waals surface area contributed by atoms with E-state index in [1.54, 1.807) is 0 Å². The molecule has 5 heteroatoms. The molecule has 0 aromatic heterocycles. The minimum Gasteiger partial charge on any atom is -0.352 e. The predicted octanol–water partition coefficient (Wildman–Crippen LogP) is 1.49. The number of nitrogens with zero attached hydrogens (tertiary/aromatic N) is 1. The van der Waals surface area contributed by atoms with Crippen molar-refractivity contribution in [2.24, 2.45) is 0 Å². The number of anilines is 1. The van der Waals surface area contributed by atoms with E-state index in [9.17, 15) is 9.59 Å². The lowest BCUT2D eigenvalue weighted by atomic mass is 10.0. The van der Waals surface area contributed by atoms with Crippen LogP contribution in [0.15, 0.2) is 18.2 Å². The molecule has 2 amide bonds.